The monoisotopic (exact) mass is 408 g/mol. The molecule has 2 rings (SSSR count). The summed E-state index contributed by atoms with van der Waals surface area (Å²) in [6.45, 7) is 3.99. The van der Waals surface area contributed by atoms with Gasteiger partial charge in [-0.2, -0.15) is 0 Å². The highest BCUT2D eigenvalue weighted by molar-refractivity contribution is 14.1. The van der Waals surface area contributed by atoms with E-state index in [0.717, 1.165) is 21.1 Å². The third kappa shape index (κ3) is 3.85. The van der Waals surface area contributed by atoms with Crippen LogP contribution in [0.5, 0.6) is 0 Å². The van der Waals surface area contributed by atoms with Gasteiger partial charge in [0.05, 0.1) is 5.56 Å². The van der Waals surface area contributed by atoms with Gasteiger partial charge >= 0.3 is 0 Å². The Kier molecular flexibility index (Phi) is 5.54. The molecule has 0 aliphatic carbocycles. The highest BCUT2D eigenvalue weighted by Gasteiger charge is 2.12. The summed E-state index contributed by atoms with van der Waals surface area (Å²) < 4.78 is 0.874. The van der Waals surface area contributed by atoms with E-state index in [1.165, 1.54) is 0 Å². The molecule has 0 fully saturated rings. The van der Waals surface area contributed by atoms with E-state index in [9.17, 15) is 9.59 Å². The average molecular weight is 408 g/mol. The van der Waals surface area contributed by atoms with Gasteiger partial charge in [-0.25, -0.2) is 0 Å². The maximum atomic E-state index is 12.1. The molecule has 2 N–H and O–H groups in total. The van der Waals surface area contributed by atoms with Crippen LogP contribution in [0.15, 0.2) is 42.5 Å². The number of halogens is 1. The molecule has 0 bridgehead atoms. The molecular weight excluding hydrogens is 391 g/mol. The van der Waals surface area contributed by atoms with Crippen LogP contribution in [-0.4, -0.2) is 11.8 Å². The molecule has 22 heavy (non-hydrogen) atoms. The van der Waals surface area contributed by atoms with Crippen molar-refractivity contribution in [1.29, 1.82) is 0 Å². The number of carbonyl (C=O) groups is 2. The molecule has 0 aliphatic heterocycles. The molecule has 0 heterocycles. The van der Waals surface area contributed by atoms with E-state index in [1.807, 2.05) is 31.2 Å². The lowest BCUT2D eigenvalue weighted by Crippen LogP contribution is -2.41. The van der Waals surface area contributed by atoms with Crippen LogP contribution in [0.1, 0.15) is 38.8 Å². The number of nitrogens with one attached hydrogen (secondary N) is 2. The maximum absolute atomic E-state index is 12.1. The molecule has 5 heteroatoms. The zero-order chi connectivity index (χ0) is 16.1. The zero-order valence-corrected chi connectivity index (χ0v) is 14.6. The first-order chi connectivity index (χ1) is 10.5. The summed E-state index contributed by atoms with van der Waals surface area (Å²) in [5.74, 6) is -0.662. The molecule has 2 aromatic carbocycles. The van der Waals surface area contributed by atoms with Gasteiger partial charge in [-0.05, 0) is 65.3 Å². The quantitative estimate of drug-likeness (QED) is 0.605. The average Bonchev–Trinajstić information content (AvgIpc) is 2.55. The van der Waals surface area contributed by atoms with Crippen LogP contribution in [0.4, 0.5) is 0 Å². The van der Waals surface area contributed by atoms with Gasteiger partial charge < -0.3 is 0 Å². The number of amides is 2. The lowest BCUT2D eigenvalue weighted by Gasteiger charge is -2.10. The highest BCUT2D eigenvalue weighted by atomic mass is 127. The van der Waals surface area contributed by atoms with Gasteiger partial charge in [0.25, 0.3) is 11.8 Å². The standard InChI is InChI=1S/C17H17IN2O2/c1-3-12-7-9-13(10-8-12)16(21)19-20-17(22)14-6-4-5-11(2)15(14)18/h4-10H,3H2,1-2H3,(H,19,21)(H,20,22). The molecular formula is C17H17IN2O2. The normalized spacial score (nSPS) is 10.1. The zero-order valence-electron chi connectivity index (χ0n) is 12.4. The predicted molar refractivity (Wildman–Crippen MR) is 94.6 cm³/mol. The first-order valence-electron chi connectivity index (χ1n) is 6.97. The van der Waals surface area contributed by atoms with Crippen molar-refractivity contribution < 1.29 is 9.59 Å². The largest absolute Gasteiger partial charge is 0.270 e. The molecule has 0 spiro atoms. The van der Waals surface area contributed by atoms with Crippen LogP contribution in [0.2, 0.25) is 0 Å². The van der Waals surface area contributed by atoms with E-state index in [0.29, 0.717) is 11.1 Å². The number of hydrogen-bond acceptors (Lipinski definition) is 2. The number of hydrazine groups is 1. The Bertz CT molecular complexity index is 696. The van der Waals surface area contributed by atoms with Crippen LogP contribution in [0, 0.1) is 10.5 Å². The third-order valence-electron chi connectivity index (χ3n) is 3.35. The van der Waals surface area contributed by atoms with Crippen molar-refractivity contribution in [2.45, 2.75) is 20.3 Å². The number of benzene rings is 2. The molecule has 114 valence electrons. The Morgan fingerprint density at radius 3 is 2.27 bits per heavy atom. The summed E-state index contributed by atoms with van der Waals surface area (Å²) in [7, 11) is 0. The number of aryl methyl sites for hydroxylation is 2. The van der Waals surface area contributed by atoms with Crippen molar-refractivity contribution in [2.24, 2.45) is 0 Å². The SMILES string of the molecule is CCc1ccc(C(=O)NNC(=O)c2cccc(C)c2I)cc1. The molecule has 0 saturated carbocycles. The van der Waals surface area contributed by atoms with Gasteiger partial charge in [0.2, 0.25) is 0 Å². The third-order valence-corrected chi connectivity index (χ3v) is 4.78. The Labute approximate surface area is 143 Å². The second-order valence-corrected chi connectivity index (χ2v) is 5.97. The minimum atomic E-state index is -0.335. The lowest BCUT2D eigenvalue weighted by atomic mass is 10.1. The Morgan fingerprint density at radius 1 is 1.00 bits per heavy atom. The summed E-state index contributed by atoms with van der Waals surface area (Å²) in [6, 6.07) is 12.8. The maximum Gasteiger partial charge on any atom is 0.270 e. The van der Waals surface area contributed by atoms with Crippen LogP contribution in [0.25, 0.3) is 0 Å². The fraction of sp³-hybridized carbons (Fsp3) is 0.176. The van der Waals surface area contributed by atoms with E-state index in [4.69, 9.17) is 0 Å². The number of rotatable bonds is 3. The number of hydrogen-bond donors (Lipinski definition) is 2. The van der Waals surface area contributed by atoms with Gasteiger partial charge in [-0.3, -0.25) is 20.4 Å². The minimum absolute atomic E-state index is 0.327. The molecule has 0 atom stereocenters. The smallest absolute Gasteiger partial charge is 0.267 e. The van der Waals surface area contributed by atoms with E-state index in [-0.39, 0.29) is 11.8 Å². The van der Waals surface area contributed by atoms with Crippen LogP contribution in [0.3, 0.4) is 0 Å². The second kappa shape index (κ2) is 7.40. The van der Waals surface area contributed by atoms with E-state index in [1.54, 1.807) is 18.2 Å². The Morgan fingerprint density at radius 2 is 1.64 bits per heavy atom. The summed E-state index contributed by atoms with van der Waals surface area (Å²) in [6.07, 6.45) is 0.921. The fourth-order valence-electron chi connectivity index (χ4n) is 1.97. The van der Waals surface area contributed by atoms with Crippen molar-refractivity contribution in [3.8, 4) is 0 Å². The van der Waals surface area contributed by atoms with Crippen LogP contribution < -0.4 is 10.9 Å². The second-order valence-electron chi connectivity index (χ2n) is 4.90. The molecule has 0 radical (unpaired) electrons. The Balaban J connectivity index is 2.01. The summed E-state index contributed by atoms with van der Waals surface area (Å²) in [5.41, 5.74) is 8.13. The van der Waals surface area contributed by atoms with Crippen molar-refractivity contribution >= 4 is 34.4 Å². The summed E-state index contributed by atoms with van der Waals surface area (Å²) >= 11 is 2.12. The Hall–Kier alpha value is -1.89. The van der Waals surface area contributed by atoms with Crippen molar-refractivity contribution in [3.05, 3.63) is 68.3 Å². The lowest BCUT2D eigenvalue weighted by molar-refractivity contribution is 0.0846. The molecule has 2 amide bonds. The van der Waals surface area contributed by atoms with Crippen molar-refractivity contribution in [1.82, 2.24) is 10.9 Å². The molecule has 0 saturated heterocycles. The van der Waals surface area contributed by atoms with E-state index < -0.39 is 0 Å². The summed E-state index contributed by atoms with van der Waals surface area (Å²) in [5, 5.41) is 0. The predicted octanol–water partition coefficient (Wildman–Crippen LogP) is 3.24. The van der Waals surface area contributed by atoms with Crippen molar-refractivity contribution in [2.75, 3.05) is 0 Å². The van der Waals surface area contributed by atoms with Gasteiger partial charge in [0, 0.05) is 9.13 Å². The molecule has 0 aliphatic rings. The highest BCUT2D eigenvalue weighted by Crippen LogP contribution is 2.16. The molecule has 0 unspecified atom stereocenters. The topological polar surface area (TPSA) is 58.2 Å². The molecule has 2 aromatic rings. The van der Waals surface area contributed by atoms with Gasteiger partial charge in [0.15, 0.2) is 0 Å². The summed E-state index contributed by atoms with van der Waals surface area (Å²) in [4.78, 5) is 24.1. The van der Waals surface area contributed by atoms with E-state index >= 15 is 0 Å². The first-order valence-corrected chi connectivity index (χ1v) is 8.05. The van der Waals surface area contributed by atoms with Gasteiger partial charge in [-0.1, -0.05) is 31.2 Å². The van der Waals surface area contributed by atoms with Crippen LogP contribution in [-0.2, 0) is 6.42 Å². The van der Waals surface area contributed by atoms with Gasteiger partial charge in [0.1, 0.15) is 0 Å². The first kappa shape index (κ1) is 16.5. The molecule has 0 aromatic heterocycles. The minimum Gasteiger partial charge on any atom is -0.267 e. The van der Waals surface area contributed by atoms with E-state index in [2.05, 4.69) is 40.4 Å². The van der Waals surface area contributed by atoms with Crippen LogP contribution >= 0.6 is 22.6 Å². The van der Waals surface area contributed by atoms with Gasteiger partial charge in [-0.15, -0.1) is 0 Å². The molecule has 4 nitrogen and oxygen atoms in total. The number of carbonyl (C=O) groups excluding carboxylic acids is 2. The van der Waals surface area contributed by atoms with Crippen molar-refractivity contribution in [3.63, 3.8) is 0 Å². The fourth-order valence-corrected chi connectivity index (χ4v) is 2.57.